The molecule has 19 heavy (non-hydrogen) atoms. The molecule has 2 unspecified atom stereocenters. The molecule has 1 fully saturated rings. The first-order valence-corrected chi connectivity index (χ1v) is 6.86. The molecule has 4 heteroatoms. The largest absolute Gasteiger partial charge is 0.370 e. The molecule has 1 aliphatic heterocycles. The minimum atomic E-state index is -0.0496. The van der Waals surface area contributed by atoms with Gasteiger partial charge >= 0.3 is 0 Å². The van der Waals surface area contributed by atoms with E-state index in [1.807, 2.05) is 18.2 Å². The van der Waals surface area contributed by atoms with Crippen LogP contribution in [0.25, 0.3) is 10.9 Å². The normalized spacial score (nSPS) is 23.8. The summed E-state index contributed by atoms with van der Waals surface area (Å²) in [5.74, 6) is 1.32. The smallest absolute Gasteiger partial charge is 0.260 e. The number of hydrogen-bond donors (Lipinski definition) is 1. The second-order valence-electron chi connectivity index (χ2n) is 5.75. The van der Waals surface area contributed by atoms with E-state index < -0.39 is 0 Å². The van der Waals surface area contributed by atoms with E-state index in [2.05, 4.69) is 28.7 Å². The fourth-order valence-electron chi connectivity index (χ4n) is 3.22. The molecule has 2 aromatic rings. The molecule has 4 nitrogen and oxygen atoms in total. The Kier molecular flexibility index (Phi) is 3.01. The molecule has 0 bridgehead atoms. The Labute approximate surface area is 112 Å². The Hall–Kier alpha value is -1.84. The Bertz CT molecular complexity index is 634. The van der Waals surface area contributed by atoms with Crippen molar-refractivity contribution in [2.24, 2.45) is 11.8 Å². The summed E-state index contributed by atoms with van der Waals surface area (Å²) < 4.78 is 0. The van der Waals surface area contributed by atoms with Crippen LogP contribution in [0.5, 0.6) is 0 Å². The second-order valence-corrected chi connectivity index (χ2v) is 5.75. The van der Waals surface area contributed by atoms with Crippen molar-refractivity contribution in [3.8, 4) is 0 Å². The quantitative estimate of drug-likeness (QED) is 0.853. The van der Waals surface area contributed by atoms with Crippen LogP contribution in [0.3, 0.4) is 0 Å². The van der Waals surface area contributed by atoms with E-state index in [-0.39, 0.29) is 5.56 Å². The van der Waals surface area contributed by atoms with Gasteiger partial charge in [-0.2, -0.15) is 0 Å². The van der Waals surface area contributed by atoms with Gasteiger partial charge in [0.1, 0.15) is 0 Å². The van der Waals surface area contributed by atoms with E-state index in [1.165, 1.54) is 12.7 Å². The van der Waals surface area contributed by atoms with Crippen molar-refractivity contribution in [1.82, 2.24) is 9.97 Å². The van der Waals surface area contributed by atoms with Crippen LogP contribution in [0.1, 0.15) is 20.3 Å². The lowest BCUT2D eigenvalue weighted by Crippen LogP contribution is -2.39. The van der Waals surface area contributed by atoms with E-state index in [4.69, 9.17) is 0 Å². The number of fused-ring (bicyclic) bond motifs is 1. The topological polar surface area (TPSA) is 49.0 Å². The van der Waals surface area contributed by atoms with Gasteiger partial charge in [-0.25, -0.2) is 4.98 Å². The Morgan fingerprint density at radius 2 is 2.00 bits per heavy atom. The van der Waals surface area contributed by atoms with Crippen LogP contribution in [0.15, 0.2) is 29.3 Å². The molecule has 1 aromatic heterocycles. The third-order valence-corrected chi connectivity index (χ3v) is 3.86. The lowest BCUT2D eigenvalue weighted by molar-refractivity contribution is 0.357. The van der Waals surface area contributed by atoms with Gasteiger partial charge in [0.25, 0.3) is 5.56 Å². The molecule has 1 saturated heterocycles. The molecule has 0 saturated carbocycles. The van der Waals surface area contributed by atoms with E-state index in [9.17, 15) is 4.79 Å². The van der Waals surface area contributed by atoms with Crippen LogP contribution in [-0.4, -0.2) is 23.1 Å². The zero-order valence-corrected chi connectivity index (χ0v) is 11.4. The van der Waals surface area contributed by atoms with E-state index in [0.29, 0.717) is 17.2 Å². The minimum absolute atomic E-state index is 0.0496. The zero-order valence-electron chi connectivity index (χ0n) is 11.4. The van der Waals surface area contributed by atoms with E-state index in [1.54, 1.807) is 0 Å². The third kappa shape index (κ3) is 2.23. The highest BCUT2D eigenvalue weighted by Gasteiger charge is 2.23. The summed E-state index contributed by atoms with van der Waals surface area (Å²) in [6.07, 6.45) is 2.73. The molecule has 0 spiro atoms. The predicted molar refractivity (Wildman–Crippen MR) is 77.5 cm³/mol. The monoisotopic (exact) mass is 257 g/mol. The van der Waals surface area contributed by atoms with Crippen LogP contribution in [0.2, 0.25) is 0 Å². The zero-order chi connectivity index (χ0) is 13.4. The molecule has 0 amide bonds. The van der Waals surface area contributed by atoms with Gasteiger partial charge in [0.15, 0.2) is 0 Å². The number of benzene rings is 1. The first kappa shape index (κ1) is 12.2. The predicted octanol–water partition coefficient (Wildman–Crippen LogP) is 2.41. The molecule has 1 aromatic carbocycles. The standard InChI is InChI=1S/C15H19N3O/c1-10-6-11(2)8-18(7-10)13-5-3-4-12-14(13)15(19)17-9-16-12/h3-5,9-11H,6-8H2,1-2H3,(H,16,17,19). The second kappa shape index (κ2) is 4.68. The first-order valence-electron chi connectivity index (χ1n) is 6.86. The van der Waals surface area contributed by atoms with Crippen LogP contribution in [0.4, 0.5) is 5.69 Å². The van der Waals surface area contributed by atoms with Gasteiger partial charge in [0, 0.05) is 13.1 Å². The average Bonchev–Trinajstić information content (AvgIpc) is 2.37. The summed E-state index contributed by atoms with van der Waals surface area (Å²) >= 11 is 0. The molecular weight excluding hydrogens is 238 g/mol. The van der Waals surface area contributed by atoms with Crippen molar-refractivity contribution < 1.29 is 0 Å². The summed E-state index contributed by atoms with van der Waals surface area (Å²) in [7, 11) is 0. The molecule has 2 atom stereocenters. The maximum Gasteiger partial charge on any atom is 0.260 e. The number of anilines is 1. The summed E-state index contributed by atoms with van der Waals surface area (Å²) in [4.78, 5) is 21.4. The van der Waals surface area contributed by atoms with Gasteiger partial charge < -0.3 is 9.88 Å². The lowest BCUT2D eigenvalue weighted by atomic mass is 9.91. The van der Waals surface area contributed by atoms with Gasteiger partial charge in [0.05, 0.1) is 22.9 Å². The number of aromatic nitrogens is 2. The fourth-order valence-corrected chi connectivity index (χ4v) is 3.22. The molecule has 3 rings (SSSR count). The number of hydrogen-bond acceptors (Lipinski definition) is 3. The van der Waals surface area contributed by atoms with Crippen LogP contribution in [-0.2, 0) is 0 Å². The highest BCUT2D eigenvalue weighted by molar-refractivity contribution is 5.90. The van der Waals surface area contributed by atoms with Crippen molar-refractivity contribution in [2.45, 2.75) is 20.3 Å². The van der Waals surface area contributed by atoms with Crippen molar-refractivity contribution in [3.63, 3.8) is 0 Å². The summed E-state index contributed by atoms with van der Waals surface area (Å²) in [6.45, 7) is 6.57. The molecular formula is C15H19N3O. The van der Waals surface area contributed by atoms with Crippen LogP contribution < -0.4 is 10.5 Å². The highest BCUT2D eigenvalue weighted by atomic mass is 16.1. The Balaban J connectivity index is 2.12. The fraction of sp³-hybridized carbons (Fsp3) is 0.467. The number of H-pyrrole nitrogens is 1. The molecule has 0 radical (unpaired) electrons. The lowest BCUT2D eigenvalue weighted by Gasteiger charge is -2.37. The minimum Gasteiger partial charge on any atom is -0.370 e. The summed E-state index contributed by atoms with van der Waals surface area (Å²) in [6, 6.07) is 5.91. The Morgan fingerprint density at radius 1 is 1.26 bits per heavy atom. The van der Waals surface area contributed by atoms with Crippen LogP contribution >= 0.6 is 0 Å². The van der Waals surface area contributed by atoms with Gasteiger partial charge in [-0.1, -0.05) is 19.9 Å². The summed E-state index contributed by atoms with van der Waals surface area (Å²) in [5.41, 5.74) is 1.74. The molecule has 1 aliphatic rings. The molecule has 2 heterocycles. The third-order valence-electron chi connectivity index (χ3n) is 3.86. The highest BCUT2D eigenvalue weighted by Crippen LogP contribution is 2.29. The van der Waals surface area contributed by atoms with Crippen molar-refractivity contribution in [2.75, 3.05) is 18.0 Å². The number of aromatic amines is 1. The van der Waals surface area contributed by atoms with Crippen molar-refractivity contribution >= 4 is 16.6 Å². The van der Waals surface area contributed by atoms with E-state index in [0.717, 1.165) is 24.3 Å². The van der Waals surface area contributed by atoms with Gasteiger partial charge in [-0.3, -0.25) is 4.79 Å². The number of nitrogens with zero attached hydrogens (tertiary/aromatic N) is 2. The Morgan fingerprint density at radius 3 is 2.74 bits per heavy atom. The number of piperidine rings is 1. The number of nitrogens with one attached hydrogen (secondary N) is 1. The molecule has 0 aliphatic carbocycles. The molecule has 100 valence electrons. The maximum atomic E-state index is 12.1. The maximum absolute atomic E-state index is 12.1. The van der Waals surface area contributed by atoms with Gasteiger partial charge in [0.2, 0.25) is 0 Å². The summed E-state index contributed by atoms with van der Waals surface area (Å²) in [5, 5.41) is 0.714. The van der Waals surface area contributed by atoms with Crippen LogP contribution in [0, 0.1) is 11.8 Å². The van der Waals surface area contributed by atoms with Gasteiger partial charge in [-0.15, -0.1) is 0 Å². The van der Waals surface area contributed by atoms with Gasteiger partial charge in [-0.05, 0) is 30.4 Å². The average molecular weight is 257 g/mol. The van der Waals surface area contributed by atoms with Crippen molar-refractivity contribution in [3.05, 3.63) is 34.9 Å². The SMILES string of the molecule is CC1CC(C)CN(c2cccc3nc[nH]c(=O)c23)C1. The van der Waals surface area contributed by atoms with E-state index >= 15 is 0 Å². The van der Waals surface area contributed by atoms with Crippen molar-refractivity contribution in [1.29, 1.82) is 0 Å². The molecule has 1 N–H and O–H groups in total. The number of rotatable bonds is 1. The first-order chi connectivity index (χ1) is 9.15.